The van der Waals surface area contributed by atoms with Gasteiger partial charge in [-0.2, -0.15) is 0 Å². The molecular formula is C27H30N4O2. The molecule has 0 aliphatic carbocycles. The van der Waals surface area contributed by atoms with Crippen LogP contribution in [0.15, 0.2) is 59.4 Å². The maximum atomic E-state index is 13.2. The largest absolute Gasteiger partial charge is 0.336 e. The molecule has 6 heteroatoms. The molecule has 3 heterocycles. The van der Waals surface area contributed by atoms with E-state index in [0.717, 1.165) is 57.7 Å². The van der Waals surface area contributed by atoms with Gasteiger partial charge < -0.3 is 4.90 Å². The Labute approximate surface area is 194 Å². The molecule has 1 fully saturated rings. The van der Waals surface area contributed by atoms with Gasteiger partial charge in [0, 0.05) is 51.3 Å². The lowest BCUT2D eigenvalue weighted by Crippen LogP contribution is -2.48. The number of nitrogens with zero attached hydrogens (tertiary/aromatic N) is 4. The summed E-state index contributed by atoms with van der Waals surface area (Å²) in [6.07, 6.45) is 8.35. The van der Waals surface area contributed by atoms with Crippen molar-refractivity contribution in [2.75, 3.05) is 32.7 Å². The molecule has 2 aliphatic heterocycles. The lowest BCUT2D eigenvalue weighted by molar-refractivity contribution is 0.0650. The second-order valence-corrected chi connectivity index (χ2v) is 8.93. The summed E-state index contributed by atoms with van der Waals surface area (Å²) in [5.41, 5.74) is 2.48. The molecule has 5 rings (SSSR count). The summed E-state index contributed by atoms with van der Waals surface area (Å²) in [4.78, 5) is 35.1. The zero-order valence-electron chi connectivity index (χ0n) is 18.9. The number of hydrogen-bond donors (Lipinski definition) is 0. The van der Waals surface area contributed by atoms with Gasteiger partial charge in [0.05, 0.1) is 10.9 Å². The van der Waals surface area contributed by atoms with Crippen LogP contribution in [0.2, 0.25) is 0 Å². The number of aromatic nitrogens is 2. The molecule has 0 unspecified atom stereocenters. The molecule has 170 valence electrons. The molecule has 33 heavy (non-hydrogen) atoms. The predicted molar refractivity (Wildman–Crippen MR) is 131 cm³/mol. The van der Waals surface area contributed by atoms with E-state index in [1.807, 2.05) is 27.7 Å². The molecule has 2 aromatic carbocycles. The third-order valence-corrected chi connectivity index (χ3v) is 6.70. The highest BCUT2D eigenvalue weighted by Gasteiger charge is 2.22. The second-order valence-electron chi connectivity index (χ2n) is 8.93. The number of piperazine rings is 1. The summed E-state index contributed by atoms with van der Waals surface area (Å²) in [5, 5.41) is 0.604. The molecule has 0 saturated carbocycles. The summed E-state index contributed by atoms with van der Waals surface area (Å²) in [6.45, 7) is 4.73. The first kappa shape index (κ1) is 21.6. The fraction of sp³-hybridized carbons (Fsp3) is 0.370. The lowest BCUT2D eigenvalue weighted by Gasteiger charge is -2.34. The van der Waals surface area contributed by atoms with Gasteiger partial charge in [-0.3, -0.25) is 19.1 Å². The van der Waals surface area contributed by atoms with Crippen molar-refractivity contribution in [3.05, 3.63) is 81.9 Å². The van der Waals surface area contributed by atoms with E-state index in [4.69, 9.17) is 4.98 Å². The van der Waals surface area contributed by atoms with Crippen molar-refractivity contribution in [3.8, 4) is 0 Å². The average Bonchev–Trinajstić information content (AvgIpc) is 3.10. The third kappa shape index (κ3) is 4.76. The van der Waals surface area contributed by atoms with E-state index < -0.39 is 0 Å². The van der Waals surface area contributed by atoms with E-state index in [0.29, 0.717) is 29.6 Å². The molecule has 0 N–H and O–H groups in total. The SMILES string of the molecule is O=C(c1ccc2c(=O)n3c(nc2c1)CCCCC3)N1CCN(C/C=C/c2ccccc2)CC1. The first-order valence-corrected chi connectivity index (χ1v) is 12.0. The average molecular weight is 443 g/mol. The summed E-state index contributed by atoms with van der Waals surface area (Å²) in [5.74, 6) is 0.875. The van der Waals surface area contributed by atoms with Gasteiger partial charge in [-0.1, -0.05) is 48.9 Å². The lowest BCUT2D eigenvalue weighted by atomic mass is 10.1. The zero-order valence-corrected chi connectivity index (χ0v) is 18.9. The van der Waals surface area contributed by atoms with Crippen LogP contribution in [0.5, 0.6) is 0 Å². The van der Waals surface area contributed by atoms with Gasteiger partial charge in [-0.25, -0.2) is 4.98 Å². The van der Waals surface area contributed by atoms with Crippen LogP contribution in [0.1, 0.15) is 41.0 Å². The molecule has 0 atom stereocenters. The van der Waals surface area contributed by atoms with Crippen LogP contribution >= 0.6 is 0 Å². The van der Waals surface area contributed by atoms with Gasteiger partial charge in [-0.15, -0.1) is 0 Å². The molecule has 3 aromatic rings. The summed E-state index contributed by atoms with van der Waals surface area (Å²) >= 11 is 0. The Morgan fingerprint density at radius 1 is 0.939 bits per heavy atom. The number of amides is 1. The number of fused-ring (bicyclic) bond motifs is 2. The van der Waals surface area contributed by atoms with Crippen molar-refractivity contribution >= 4 is 22.9 Å². The van der Waals surface area contributed by atoms with Crippen LogP contribution in [-0.2, 0) is 13.0 Å². The Balaban J connectivity index is 1.25. The van der Waals surface area contributed by atoms with Gasteiger partial charge in [-0.05, 0) is 36.6 Å². The molecule has 0 radical (unpaired) electrons. The van der Waals surface area contributed by atoms with E-state index in [-0.39, 0.29) is 11.5 Å². The minimum Gasteiger partial charge on any atom is -0.336 e. The minimum absolute atomic E-state index is 0.0214. The van der Waals surface area contributed by atoms with Gasteiger partial charge in [0.15, 0.2) is 0 Å². The van der Waals surface area contributed by atoms with Crippen molar-refractivity contribution in [2.24, 2.45) is 0 Å². The number of carbonyl (C=O) groups excluding carboxylic acids is 1. The molecule has 1 aromatic heterocycles. The van der Waals surface area contributed by atoms with E-state index in [2.05, 4.69) is 29.2 Å². The second kappa shape index (κ2) is 9.71. The van der Waals surface area contributed by atoms with E-state index in [1.54, 1.807) is 18.2 Å². The first-order chi connectivity index (χ1) is 16.2. The molecule has 0 spiro atoms. The Kier molecular flexibility index (Phi) is 6.35. The Bertz CT molecular complexity index is 1220. The molecule has 2 aliphatic rings. The van der Waals surface area contributed by atoms with Gasteiger partial charge in [0.2, 0.25) is 0 Å². The standard InChI is InChI=1S/C27H30N4O2/c32-26(30-18-16-29(17-19-30)14-7-10-21-8-3-1-4-9-21)22-12-13-23-24(20-22)28-25-11-5-2-6-15-31(25)27(23)33/h1,3-4,7-10,12-13,20H,2,5-6,11,14-19H2/b10-7+. The first-order valence-electron chi connectivity index (χ1n) is 12.0. The van der Waals surface area contributed by atoms with E-state index in [1.165, 1.54) is 5.56 Å². The number of rotatable bonds is 4. The van der Waals surface area contributed by atoms with Crippen molar-refractivity contribution in [1.29, 1.82) is 0 Å². The third-order valence-electron chi connectivity index (χ3n) is 6.70. The maximum absolute atomic E-state index is 13.2. The van der Waals surface area contributed by atoms with Crippen LogP contribution < -0.4 is 5.56 Å². The number of aryl methyl sites for hydroxylation is 1. The number of carbonyl (C=O) groups is 1. The van der Waals surface area contributed by atoms with Gasteiger partial charge >= 0.3 is 0 Å². The highest BCUT2D eigenvalue weighted by atomic mass is 16.2. The fourth-order valence-corrected chi connectivity index (χ4v) is 4.77. The molecule has 1 saturated heterocycles. The Morgan fingerprint density at radius 3 is 2.58 bits per heavy atom. The highest BCUT2D eigenvalue weighted by Crippen LogP contribution is 2.18. The zero-order chi connectivity index (χ0) is 22.6. The van der Waals surface area contributed by atoms with Crippen LogP contribution in [0.4, 0.5) is 0 Å². The van der Waals surface area contributed by atoms with Crippen molar-refractivity contribution < 1.29 is 4.79 Å². The van der Waals surface area contributed by atoms with Gasteiger partial charge in [0.25, 0.3) is 11.5 Å². The summed E-state index contributed by atoms with van der Waals surface area (Å²) in [7, 11) is 0. The quantitative estimate of drug-likeness (QED) is 0.620. The minimum atomic E-state index is 0.0214. The fourth-order valence-electron chi connectivity index (χ4n) is 4.77. The van der Waals surface area contributed by atoms with Crippen LogP contribution in [0, 0.1) is 0 Å². The van der Waals surface area contributed by atoms with Crippen molar-refractivity contribution in [1.82, 2.24) is 19.4 Å². The topological polar surface area (TPSA) is 58.4 Å². The Morgan fingerprint density at radius 2 is 1.76 bits per heavy atom. The Hall–Kier alpha value is -3.25. The van der Waals surface area contributed by atoms with Crippen LogP contribution in [0.3, 0.4) is 0 Å². The molecule has 0 bridgehead atoms. The number of hydrogen-bond acceptors (Lipinski definition) is 4. The highest BCUT2D eigenvalue weighted by molar-refractivity contribution is 5.97. The summed E-state index contributed by atoms with van der Waals surface area (Å²) < 4.78 is 1.82. The van der Waals surface area contributed by atoms with E-state index >= 15 is 0 Å². The smallest absolute Gasteiger partial charge is 0.261 e. The normalized spacial score (nSPS) is 17.3. The monoisotopic (exact) mass is 442 g/mol. The molecule has 1 amide bonds. The molecular weight excluding hydrogens is 412 g/mol. The van der Waals surface area contributed by atoms with Crippen LogP contribution in [0.25, 0.3) is 17.0 Å². The van der Waals surface area contributed by atoms with Crippen molar-refractivity contribution in [2.45, 2.75) is 32.2 Å². The van der Waals surface area contributed by atoms with Crippen molar-refractivity contribution in [3.63, 3.8) is 0 Å². The van der Waals surface area contributed by atoms with Gasteiger partial charge in [0.1, 0.15) is 5.82 Å². The predicted octanol–water partition coefficient (Wildman–Crippen LogP) is 3.59. The summed E-state index contributed by atoms with van der Waals surface area (Å²) in [6, 6.07) is 15.7. The van der Waals surface area contributed by atoms with E-state index in [9.17, 15) is 9.59 Å². The maximum Gasteiger partial charge on any atom is 0.261 e. The molecule has 6 nitrogen and oxygen atoms in total. The van der Waals surface area contributed by atoms with Crippen LogP contribution in [-0.4, -0.2) is 58.0 Å². The number of benzene rings is 2.